The molecule has 9 heteroatoms. The number of aryl methyl sites for hydroxylation is 2. The van der Waals surface area contributed by atoms with E-state index in [4.69, 9.17) is 9.47 Å². The Morgan fingerprint density at radius 2 is 1.87 bits per heavy atom. The van der Waals surface area contributed by atoms with Crippen LogP contribution >= 0.6 is 0 Å². The number of methoxy groups -OCH3 is 1. The van der Waals surface area contributed by atoms with Gasteiger partial charge < -0.3 is 34.9 Å². The number of amides is 1. The number of aromatic nitrogens is 1. The molecule has 9 nitrogen and oxygen atoms in total. The maximum atomic E-state index is 13.9. The van der Waals surface area contributed by atoms with Crippen molar-refractivity contribution in [2.45, 2.75) is 96.9 Å². The predicted molar refractivity (Wildman–Crippen MR) is 181 cm³/mol. The summed E-state index contributed by atoms with van der Waals surface area (Å²) in [4.78, 5) is 34.4. The number of anilines is 1. The number of pyridine rings is 1. The fraction of sp³-hybridized carbons (Fsp3) is 0.667. The summed E-state index contributed by atoms with van der Waals surface area (Å²) in [6.07, 6.45) is 7.04. The van der Waals surface area contributed by atoms with Crippen molar-refractivity contribution in [1.29, 1.82) is 0 Å². The lowest BCUT2D eigenvalue weighted by Crippen LogP contribution is -2.44. The van der Waals surface area contributed by atoms with Crippen molar-refractivity contribution in [3.63, 3.8) is 0 Å². The van der Waals surface area contributed by atoms with Crippen LogP contribution in [0.25, 0.3) is 0 Å². The van der Waals surface area contributed by atoms with E-state index < -0.39 is 0 Å². The van der Waals surface area contributed by atoms with Crippen LogP contribution < -0.4 is 21.1 Å². The molecule has 45 heavy (non-hydrogen) atoms. The highest BCUT2D eigenvalue weighted by atomic mass is 16.5. The number of H-pyrrole nitrogens is 1. The van der Waals surface area contributed by atoms with Crippen molar-refractivity contribution in [3.8, 4) is 0 Å². The molecule has 1 aliphatic heterocycles. The van der Waals surface area contributed by atoms with E-state index in [9.17, 15) is 9.59 Å². The van der Waals surface area contributed by atoms with Crippen molar-refractivity contribution < 1.29 is 14.3 Å². The molecule has 3 fully saturated rings. The second-order valence-electron chi connectivity index (χ2n) is 13.6. The number of hydrogen-bond donors (Lipinski definition) is 3. The first-order chi connectivity index (χ1) is 21.7. The Morgan fingerprint density at radius 1 is 1.11 bits per heavy atom. The molecule has 2 aliphatic carbocycles. The Balaban J connectivity index is 1.38. The fourth-order valence-corrected chi connectivity index (χ4v) is 7.71. The number of morpholine rings is 1. The number of nitrogens with zero attached hydrogens (tertiary/aromatic N) is 2. The van der Waals surface area contributed by atoms with Gasteiger partial charge in [0.1, 0.15) is 0 Å². The van der Waals surface area contributed by atoms with Crippen LogP contribution in [0.1, 0.15) is 89.7 Å². The largest absolute Gasteiger partial charge is 0.383 e. The zero-order valence-corrected chi connectivity index (χ0v) is 28.3. The Bertz CT molecular complexity index is 1360. The van der Waals surface area contributed by atoms with Gasteiger partial charge in [0.25, 0.3) is 11.5 Å². The van der Waals surface area contributed by atoms with Gasteiger partial charge in [0.15, 0.2) is 0 Å². The number of carbonyl (C=O) groups excluding carboxylic acids is 1. The Labute approximate surface area is 269 Å². The molecule has 3 atom stereocenters. The third-order valence-corrected chi connectivity index (χ3v) is 10.5. The van der Waals surface area contributed by atoms with Crippen LogP contribution in [-0.4, -0.2) is 87.5 Å². The van der Waals surface area contributed by atoms with Gasteiger partial charge in [-0.25, -0.2) is 0 Å². The number of likely N-dealkylation sites (N-methyl/N-ethyl adjacent to an activating group) is 1. The molecule has 3 aliphatic rings. The quantitative estimate of drug-likeness (QED) is 0.305. The lowest BCUT2D eigenvalue weighted by molar-refractivity contribution is 0.0199. The minimum absolute atomic E-state index is 0.119. The molecule has 3 unspecified atom stereocenters. The molecule has 1 saturated heterocycles. The van der Waals surface area contributed by atoms with Gasteiger partial charge in [0, 0.05) is 74.4 Å². The van der Waals surface area contributed by atoms with Crippen LogP contribution in [-0.2, 0) is 16.0 Å². The number of benzene rings is 1. The lowest BCUT2D eigenvalue weighted by Gasteiger charge is -2.41. The first-order valence-corrected chi connectivity index (χ1v) is 17.1. The third-order valence-electron chi connectivity index (χ3n) is 10.5. The standard InChI is InChI=1S/C36H55N5O4/c1-7-41(29-10-8-28(9-11-29)40(5)13-15-44-6)34-20-27(32-19-26(32)17-30-21-37-12-14-45-30)18-31(25(34)4)35(42)38-22-33-23(2)16-24(3)39-36(33)43/h16,18,20,26,28-30,32,37H,7-15,17,19,21-22H2,1-6H3,(H,38,42)(H,39,43). The molecule has 0 radical (unpaired) electrons. The second kappa shape index (κ2) is 15.2. The van der Waals surface area contributed by atoms with Crippen molar-refractivity contribution >= 4 is 11.6 Å². The Morgan fingerprint density at radius 3 is 2.53 bits per heavy atom. The summed E-state index contributed by atoms with van der Waals surface area (Å²) in [5, 5.41) is 6.56. The summed E-state index contributed by atoms with van der Waals surface area (Å²) < 4.78 is 11.3. The van der Waals surface area contributed by atoms with Crippen LogP contribution in [0, 0.1) is 26.7 Å². The van der Waals surface area contributed by atoms with Crippen LogP contribution in [0.15, 0.2) is 23.0 Å². The zero-order valence-electron chi connectivity index (χ0n) is 28.3. The van der Waals surface area contributed by atoms with Gasteiger partial charge in [-0.15, -0.1) is 0 Å². The first-order valence-electron chi connectivity index (χ1n) is 17.1. The summed E-state index contributed by atoms with van der Waals surface area (Å²) in [6, 6.07) is 7.49. The van der Waals surface area contributed by atoms with Crippen LogP contribution in [0.2, 0.25) is 0 Å². The molecule has 2 saturated carbocycles. The Kier molecular flexibility index (Phi) is 11.4. The SMILES string of the molecule is CCN(c1cc(C2CC2CC2CNCCO2)cc(C(=O)NCc2c(C)cc(C)[nH]c2=O)c1C)C1CCC(N(C)CCOC)CC1. The van der Waals surface area contributed by atoms with Crippen molar-refractivity contribution in [2.24, 2.45) is 5.92 Å². The lowest BCUT2D eigenvalue weighted by atomic mass is 9.88. The van der Waals surface area contributed by atoms with Gasteiger partial charge in [-0.2, -0.15) is 0 Å². The van der Waals surface area contributed by atoms with Gasteiger partial charge in [-0.3, -0.25) is 9.59 Å². The van der Waals surface area contributed by atoms with Crippen molar-refractivity contribution in [2.75, 3.05) is 58.5 Å². The van der Waals surface area contributed by atoms with E-state index in [1.807, 2.05) is 19.9 Å². The van der Waals surface area contributed by atoms with Crippen LogP contribution in [0.5, 0.6) is 0 Å². The monoisotopic (exact) mass is 621 g/mol. The van der Waals surface area contributed by atoms with E-state index in [2.05, 4.69) is 58.4 Å². The molecule has 3 N–H and O–H groups in total. The van der Waals surface area contributed by atoms with Crippen molar-refractivity contribution in [1.82, 2.24) is 20.5 Å². The molecule has 5 rings (SSSR count). The number of nitrogens with one attached hydrogen (secondary N) is 3. The molecular weight excluding hydrogens is 566 g/mol. The van der Waals surface area contributed by atoms with Gasteiger partial charge >= 0.3 is 0 Å². The summed E-state index contributed by atoms with van der Waals surface area (Å²) in [5.74, 6) is 0.891. The molecular formula is C36H55N5O4. The number of carbonyl (C=O) groups is 1. The van der Waals surface area contributed by atoms with E-state index in [0.29, 0.717) is 29.5 Å². The van der Waals surface area contributed by atoms with Gasteiger partial charge in [0.05, 0.1) is 19.3 Å². The van der Waals surface area contributed by atoms with Gasteiger partial charge in [-0.05, 0) is 120 Å². The van der Waals surface area contributed by atoms with E-state index in [0.717, 1.165) is 100 Å². The van der Waals surface area contributed by atoms with E-state index in [-0.39, 0.29) is 24.1 Å². The maximum absolute atomic E-state index is 13.9. The first kappa shape index (κ1) is 33.6. The number of ether oxygens (including phenoxy) is 2. The van der Waals surface area contributed by atoms with Crippen LogP contribution in [0.3, 0.4) is 0 Å². The normalized spacial score (nSPS) is 24.9. The average Bonchev–Trinajstić information content (AvgIpc) is 3.80. The highest BCUT2D eigenvalue weighted by Crippen LogP contribution is 2.52. The predicted octanol–water partition coefficient (Wildman–Crippen LogP) is 4.43. The average molecular weight is 622 g/mol. The molecule has 1 amide bonds. The summed E-state index contributed by atoms with van der Waals surface area (Å²) in [5.41, 5.74) is 6.36. The topological polar surface area (TPSA) is 98.9 Å². The Hall–Kier alpha value is -2.72. The highest BCUT2D eigenvalue weighted by Gasteiger charge is 2.41. The highest BCUT2D eigenvalue weighted by molar-refractivity contribution is 5.97. The molecule has 2 heterocycles. The van der Waals surface area contributed by atoms with E-state index in [1.165, 1.54) is 11.3 Å². The van der Waals surface area contributed by atoms with Gasteiger partial charge in [-0.1, -0.05) is 0 Å². The summed E-state index contributed by atoms with van der Waals surface area (Å²) >= 11 is 0. The summed E-state index contributed by atoms with van der Waals surface area (Å²) in [7, 11) is 3.98. The number of aromatic amines is 1. The smallest absolute Gasteiger partial charge is 0.253 e. The third kappa shape index (κ3) is 8.17. The molecule has 2 aromatic rings. The fourth-order valence-electron chi connectivity index (χ4n) is 7.71. The second-order valence-corrected chi connectivity index (χ2v) is 13.6. The number of hydrogen-bond acceptors (Lipinski definition) is 7. The van der Waals surface area contributed by atoms with E-state index in [1.54, 1.807) is 7.11 Å². The number of rotatable bonds is 13. The molecule has 248 valence electrons. The van der Waals surface area contributed by atoms with Gasteiger partial charge in [0.2, 0.25) is 0 Å². The molecule has 0 spiro atoms. The maximum Gasteiger partial charge on any atom is 0.253 e. The minimum atomic E-state index is -0.139. The zero-order chi connectivity index (χ0) is 32.1. The van der Waals surface area contributed by atoms with Crippen molar-refractivity contribution in [3.05, 3.63) is 62.1 Å². The minimum Gasteiger partial charge on any atom is -0.383 e. The van der Waals surface area contributed by atoms with E-state index >= 15 is 0 Å². The molecule has 0 bridgehead atoms. The summed E-state index contributed by atoms with van der Waals surface area (Å²) in [6.45, 7) is 13.6. The van der Waals surface area contributed by atoms with Crippen LogP contribution in [0.4, 0.5) is 5.69 Å². The molecule has 1 aromatic heterocycles. The molecule has 1 aromatic carbocycles.